The van der Waals surface area contributed by atoms with E-state index in [2.05, 4.69) is 30.6 Å². The van der Waals surface area contributed by atoms with Crippen molar-refractivity contribution < 1.29 is 14.3 Å². The Morgan fingerprint density at radius 1 is 1.05 bits per heavy atom. The Kier molecular flexibility index (Phi) is 9.62. The third-order valence-corrected chi connectivity index (χ3v) is 3.43. The number of hydrogen-bond donors (Lipinski definition) is 0. The van der Waals surface area contributed by atoms with Crippen LogP contribution in [0.5, 0.6) is 0 Å². The van der Waals surface area contributed by atoms with E-state index in [0.717, 1.165) is 12.8 Å². The second-order valence-corrected chi connectivity index (χ2v) is 5.30. The Hall–Kier alpha value is -1.29. The number of hydrogen-bond acceptors (Lipinski definition) is 3. The Labute approximate surface area is 128 Å². The molecule has 0 saturated carbocycles. The summed E-state index contributed by atoms with van der Waals surface area (Å²) >= 11 is 0. The molecule has 0 aromatic carbocycles. The fourth-order valence-corrected chi connectivity index (χ4v) is 2.08. The van der Waals surface area contributed by atoms with Gasteiger partial charge in [-0.1, -0.05) is 57.8 Å². The first-order chi connectivity index (χ1) is 10.3. The maximum absolute atomic E-state index is 11.4. The van der Waals surface area contributed by atoms with Crippen molar-refractivity contribution in [2.45, 2.75) is 77.1 Å². The number of Topliss-reactive ketones (excluding diaryl/α,β-unsaturated/α-hetero) is 1. The predicted octanol–water partition coefficient (Wildman–Crippen LogP) is 3.46. The van der Waals surface area contributed by atoms with Crippen LogP contribution >= 0.6 is 0 Å². The summed E-state index contributed by atoms with van der Waals surface area (Å²) in [6, 6.07) is 0. The summed E-state index contributed by atoms with van der Waals surface area (Å²) in [5.74, 6) is 10.5. The maximum atomic E-state index is 11.4. The minimum absolute atomic E-state index is 0.247. The standard InChI is InChI=1S/C18H26O3/c1-3-4-5-6-7-8-9-10-11-12-13-14-15-16(19)17-18(20-2)21-17/h17-18H,3-11H2,1-2H3. The lowest BCUT2D eigenvalue weighted by molar-refractivity contribution is -0.115. The average Bonchev–Trinajstić information content (AvgIpc) is 3.28. The summed E-state index contributed by atoms with van der Waals surface area (Å²) in [7, 11) is 1.51. The van der Waals surface area contributed by atoms with E-state index in [4.69, 9.17) is 9.47 Å². The van der Waals surface area contributed by atoms with E-state index in [1.807, 2.05) is 0 Å². The third kappa shape index (κ3) is 8.56. The lowest BCUT2D eigenvalue weighted by atomic mass is 10.1. The highest BCUT2D eigenvalue weighted by Gasteiger charge is 2.44. The second-order valence-electron chi connectivity index (χ2n) is 5.30. The summed E-state index contributed by atoms with van der Waals surface area (Å²) in [6.45, 7) is 2.24. The van der Waals surface area contributed by atoms with E-state index in [1.54, 1.807) is 0 Å². The smallest absolute Gasteiger partial charge is 0.240 e. The van der Waals surface area contributed by atoms with Crippen LogP contribution in [0.2, 0.25) is 0 Å². The van der Waals surface area contributed by atoms with Gasteiger partial charge in [-0.25, -0.2) is 0 Å². The normalized spacial score (nSPS) is 19.1. The molecule has 2 atom stereocenters. The van der Waals surface area contributed by atoms with Gasteiger partial charge in [0.2, 0.25) is 5.78 Å². The van der Waals surface area contributed by atoms with Gasteiger partial charge in [-0.05, 0) is 24.2 Å². The van der Waals surface area contributed by atoms with Crippen LogP contribution < -0.4 is 0 Å². The molecule has 0 bridgehead atoms. The number of methoxy groups -OCH3 is 1. The van der Waals surface area contributed by atoms with Crippen LogP contribution in [-0.4, -0.2) is 25.3 Å². The highest BCUT2D eigenvalue weighted by molar-refractivity contribution is 6.01. The zero-order valence-corrected chi connectivity index (χ0v) is 13.2. The van der Waals surface area contributed by atoms with Crippen molar-refractivity contribution >= 4 is 5.78 Å². The molecular weight excluding hydrogens is 264 g/mol. The molecule has 0 aliphatic carbocycles. The van der Waals surface area contributed by atoms with Crippen LogP contribution in [0.25, 0.3) is 0 Å². The second kappa shape index (κ2) is 11.4. The highest BCUT2D eigenvalue weighted by atomic mass is 16.8. The van der Waals surface area contributed by atoms with E-state index in [-0.39, 0.29) is 5.78 Å². The molecule has 0 radical (unpaired) electrons. The largest absolute Gasteiger partial charge is 0.353 e. The van der Waals surface area contributed by atoms with E-state index in [0.29, 0.717) is 0 Å². The SMILES string of the molecule is CCCCCCCCCCC#CC#CC(=O)C1OC1OC. The van der Waals surface area contributed by atoms with Gasteiger partial charge in [0.25, 0.3) is 0 Å². The van der Waals surface area contributed by atoms with Crippen LogP contribution in [0.4, 0.5) is 0 Å². The van der Waals surface area contributed by atoms with E-state index < -0.39 is 12.4 Å². The van der Waals surface area contributed by atoms with E-state index in [1.165, 1.54) is 52.1 Å². The van der Waals surface area contributed by atoms with Gasteiger partial charge < -0.3 is 9.47 Å². The number of carbonyl (C=O) groups is 1. The quantitative estimate of drug-likeness (QED) is 0.268. The van der Waals surface area contributed by atoms with Gasteiger partial charge >= 0.3 is 0 Å². The van der Waals surface area contributed by atoms with Crippen LogP contribution in [0.15, 0.2) is 0 Å². The van der Waals surface area contributed by atoms with Crippen LogP contribution in [0.3, 0.4) is 0 Å². The van der Waals surface area contributed by atoms with Crippen molar-refractivity contribution in [3.8, 4) is 23.7 Å². The Morgan fingerprint density at radius 3 is 2.33 bits per heavy atom. The van der Waals surface area contributed by atoms with Crippen molar-refractivity contribution in [1.29, 1.82) is 0 Å². The minimum Gasteiger partial charge on any atom is -0.353 e. The van der Waals surface area contributed by atoms with Gasteiger partial charge in [-0.3, -0.25) is 4.79 Å². The Bertz CT molecular complexity index is 419. The number of epoxide rings is 1. The summed E-state index contributed by atoms with van der Waals surface area (Å²) in [6.07, 6.45) is 10.3. The van der Waals surface area contributed by atoms with E-state index in [9.17, 15) is 4.79 Å². The molecule has 21 heavy (non-hydrogen) atoms. The average molecular weight is 290 g/mol. The molecular formula is C18H26O3. The first-order valence-electron chi connectivity index (χ1n) is 8.00. The number of unbranched alkanes of at least 4 members (excludes halogenated alkanes) is 8. The molecule has 1 aliphatic heterocycles. The molecule has 1 rings (SSSR count). The fourth-order valence-electron chi connectivity index (χ4n) is 2.08. The maximum Gasteiger partial charge on any atom is 0.240 e. The summed E-state index contributed by atoms with van der Waals surface area (Å²) in [5.41, 5.74) is 0. The molecule has 3 heteroatoms. The fraction of sp³-hybridized carbons (Fsp3) is 0.722. The van der Waals surface area contributed by atoms with Crippen molar-refractivity contribution in [1.82, 2.24) is 0 Å². The summed E-state index contributed by atoms with van der Waals surface area (Å²) in [5, 5.41) is 0. The first kappa shape index (κ1) is 17.8. The Morgan fingerprint density at radius 2 is 1.71 bits per heavy atom. The van der Waals surface area contributed by atoms with Crippen molar-refractivity contribution in [3.63, 3.8) is 0 Å². The Balaban J connectivity index is 1.95. The lowest BCUT2D eigenvalue weighted by Gasteiger charge is -1.98. The molecule has 2 unspecified atom stereocenters. The monoisotopic (exact) mass is 290 g/mol. The first-order valence-corrected chi connectivity index (χ1v) is 8.00. The molecule has 116 valence electrons. The van der Waals surface area contributed by atoms with Crippen molar-refractivity contribution in [2.75, 3.05) is 7.11 Å². The van der Waals surface area contributed by atoms with Crippen LogP contribution in [-0.2, 0) is 14.3 Å². The third-order valence-electron chi connectivity index (χ3n) is 3.43. The van der Waals surface area contributed by atoms with Crippen LogP contribution in [0.1, 0.15) is 64.7 Å². The van der Waals surface area contributed by atoms with Gasteiger partial charge in [0, 0.05) is 13.5 Å². The molecule has 0 N–H and O–H groups in total. The molecule has 0 amide bonds. The molecule has 0 aromatic heterocycles. The number of carbonyl (C=O) groups excluding carboxylic acids is 1. The summed E-state index contributed by atoms with van der Waals surface area (Å²) in [4.78, 5) is 11.4. The highest BCUT2D eigenvalue weighted by Crippen LogP contribution is 2.22. The van der Waals surface area contributed by atoms with Gasteiger partial charge in [0.05, 0.1) is 0 Å². The molecule has 1 heterocycles. The van der Waals surface area contributed by atoms with E-state index >= 15 is 0 Å². The van der Waals surface area contributed by atoms with Gasteiger partial charge in [0.15, 0.2) is 12.4 Å². The predicted molar refractivity (Wildman–Crippen MR) is 83.5 cm³/mol. The number of ketones is 1. The number of ether oxygens (including phenoxy) is 2. The van der Waals surface area contributed by atoms with Crippen molar-refractivity contribution in [2.24, 2.45) is 0 Å². The molecule has 0 aromatic rings. The lowest BCUT2D eigenvalue weighted by Crippen LogP contribution is -2.07. The summed E-state index contributed by atoms with van der Waals surface area (Å²) < 4.78 is 9.82. The zero-order valence-electron chi connectivity index (χ0n) is 13.2. The topological polar surface area (TPSA) is 38.8 Å². The minimum atomic E-state index is -0.503. The van der Waals surface area contributed by atoms with Crippen LogP contribution in [0, 0.1) is 23.7 Å². The van der Waals surface area contributed by atoms with Gasteiger partial charge in [-0.15, -0.1) is 0 Å². The molecule has 1 fully saturated rings. The number of rotatable bonds is 10. The van der Waals surface area contributed by atoms with Gasteiger partial charge in [0.1, 0.15) is 0 Å². The molecule has 0 spiro atoms. The van der Waals surface area contributed by atoms with Gasteiger partial charge in [-0.2, -0.15) is 0 Å². The van der Waals surface area contributed by atoms with Crippen molar-refractivity contribution in [3.05, 3.63) is 0 Å². The molecule has 1 saturated heterocycles. The molecule has 3 nitrogen and oxygen atoms in total. The zero-order chi connectivity index (χ0) is 15.3. The molecule has 1 aliphatic rings.